The van der Waals surface area contributed by atoms with Crippen LogP contribution in [0.25, 0.3) is 44.2 Å². The van der Waals surface area contributed by atoms with Gasteiger partial charge in [0.15, 0.2) is 11.5 Å². The Morgan fingerprint density at radius 1 is 0.583 bits per heavy atom. The predicted molar refractivity (Wildman–Crippen MR) is 139 cm³/mol. The predicted octanol–water partition coefficient (Wildman–Crippen LogP) is 7.02. The van der Waals surface area contributed by atoms with Crippen molar-refractivity contribution < 1.29 is 13.6 Å². The van der Waals surface area contributed by atoms with Gasteiger partial charge in [-0.25, -0.2) is 9.05 Å². The molecule has 4 heterocycles. The molecule has 0 aliphatic carbocycles. The third kappa shape index (κ3) is 4.35. The van der Waals surface area contributed by atoms with Crippen LogP contribution in [0.5, 0.6) is 11.5 Å². The van der Waals surface area contributed by atoms with Crippen molar-refractivity contribution in [2.24, 2.45) is 0 Å². The van der Waals surface area contributed by atoms with Crippen molar-refractivity contribution in [3.63, 3.8) is 0 Å². The van der Waals surface area contributed by atoms with E-state index in [4.69, 9.17) is 9.05 Å². The maximum Gasteiger partial charge on any atom is 0.805 e. The van der Waals surface area contributed by atoms with E-state index in [1.165, 1.54) is 0 Å². The van der Waals surface area contributed by atoms with E-state index in [0.717, 1.165) is 44.2 Å². The standard InChI is InChI=1S/C28H18N4O3P/c33-36(34-21-7-3-19(4-8-21)23-12-16-31-27-18-29-15-11-25(23)27)35-22-9-5-20(6-10-22)24-13-17-30-26-2-1-14-32-28(24)26/h1-18H/q+1. The topological polar surface area (TPSA) is 87.1 Å². The normalized spacial score (nSPS) is 11.4. The van der Waals surface area contributed by atoms with E-state index in [1.807, 2.05) is 54.6 Å². The average Bonchev–Trinajstić information content (AvgIpc) is 2.93. The van der Waals surface area contributed by atoms with Gasteiger partial charge in [-0.3, -0.25) is 19.9 Å². The van der Waals surface area contributed by atoms with Gasteiger partial charge in [0.1, 0.15) is 0 Å². The zero-order chi connectivity index (χ0) is 24.3. The Morgan fingerprint density at radius 2 is 1.22 bits per heavy atom. The van der Waals surface area contributed by atoms with Gasteiger partial charge in [-0.15, -0.1) is 0 Å². The molecule has 7 nitrogen and oxygen atoms in total. The van der Waals surface area contributed by atoms with E-state index >= 15 is 0 Å². The highest BCUT2D eigenvalue weighted by Crippen LogP contribution is 2.34. The second kappa shape index (κ2) is 9.49. The Labute approximate surface area is 207 Å². The van der Waals surface area contributed by atoms with Crippen molar-refractivity contribution in [1.29, 1.82) is 0 Å². The molecule has 0 amide bonds. The molecule has 36 heavy (non-hydrogen) atoms. The Kier molecular flexibility index (Phi) is 5.74. The number of benzene rings is 2. The molecule has 6 aromatic rings. The summed E-state index contributed by atoms with van der Waals surface area (Å²) in [6, 6.07) is 24.3. The highest BCUT2D eigenvalue weighted by molar-refractivity contribution is 7.34. The Bertz CT molecular complexity index is 1570. The van der Waals surface area contributed by atoms with Crippen LogP contribution in [0.4, 0.5) is 0 Å². The van der Waals surface area contributed by atoms with Crippen LogP contribution in [0, 0.1) is 0 Å². The third-order valence-electron chi connectivity index (χ3n) is 5.73. The molecule has 1 atom stereocenters. The molecule has 2 aromatic carbocycles. The van der Waals surface area contributed by atoms with E-state index in [2.05, 4.69) is 19.9 Å². The van der Waals surface area contributed by atoms with Gasteiger partial charge in [0.2, 0.25) is 0 Å². The number of rotatable bonds is 6. The second-order valence-electron chi connectivity index (χ2n) is 7.94. The van der Waals surface area contributed by atoms with Gasteiger partial charge in [-0.2, -0.15) is 0 Å². The van der Waals surface area contributed by atoms with Gasteiger partial charge >= 0.3 is 8.25 Å². The van der Waals surface area contributed by atoms with Crippen LogP contribution >= 0.6 is 8.25 Å². The molecule has 0 fully saturated rings. The monoisotopic (exact) mass is 489 g/mol. The molecular weight excluding hydrogens is 471 g/mol. The molecule has 6 rings (SSSR count). The van der Waals surface area contributed by atoms with Crippen molar-refractivity contribution in [1.82, 2.24) is 19.9 Å². The van der Waals surface area contributed by atoms with Gasteiger partial charge in [0.05, 0.1) is 22.7 Å². The van der Waals surface area contributed by atoms with Crippen LogP contribution in [0.3, 0.4) is 0 Å². The highest BCUT2D eigenvalue weighted by Gasteiger charge is 2.24. The second-order valence-corrected chi connectivity index (χ2v) is 8.75. The lowest BCUT2D eigenvalue weighted by atomic mass is 10.0. The first-order valence-electron chi connectivity index (χ1n) is 11.2. The summed E-state index contributed by atoms with van der Waals surface area (Å²) in [6.07, 6.45) is 8.74. The Morgan fingerprint density at radius 3 is 1.94 bits per heavy atom. The summed E-state index contributed by atoms with van der Waals surface area (Å²) in [6.45, 7) is 0. The minimum Gasteiger partial charge on any atom is -0.262 e. The van der Waals surface area contributed by atoms with Gasteiger partial charge in [0.25, 0.3) is 0 Å². The molecular formula is C28H18N4O3P+. The SMILES string of the molecule is O=[P+](Oc1ccc(-c2ccnc3cnccc23)cc1)Oc1ccc(-c2ccnc3cccnc23)cc1. The number of hydrogen-bond donors (Lipinski definition) is 0. The molecule has 0 bridgehead atoms. The van der Waals surface area contributed by atoms with Crippen LogP contribution < -0.4 is 9.05 Å². The van der Waals surface area contributed by atoms with Crippen molar-refractivity contribution in [3.05, 3.63) is 110 Å². The number of nitrogens with zero attached hydrogens (tertiary/aromatic N) is 4. The van der Waals surface area contributed by atoms with Crippen molar-refractivity contribution >= 4 is 30.2 Å². The lowest BCUT2D eigenvalue weighted by Crippen LogP contribution is -1.90. The van der Waals surface area contributed by atoms with Crippen LogP contribution in [0.15, 0.2) is 110 Å². The smallest absolute Gasteiger partial charge is 0.262 e. The molecule has 0 radical (unpaired) electrons. The quantitative estimate of drug-likeness (QED) is 0.232. The maximum atomic E-state index is 12.5. The van der Waals surface area contributed by atoms with E-state index in [-0.39, 0.29) is 0 Å². The van der Waals surface area contributed by atoms with Crippen molar-refractivity contribution in [2.75, 3.05) is 0 Å². The number of pyridine rings is 4. The average molecular weight is 489 g/mol. The van der Waals surface area contributed by atoms with Crippen molar-refractivity contribution in [2.45, 2.75) is 0 Å². The fourth-order valence-corrected chi connectivity index (χ4v) is 4.67. The summed E-state index contributed by atoms with van der Waals surface area (Å²) in [7, 11) is -2.41. The number of fused-ring (bicyclic) bond motifs is 2. The molecule has 0 aliphatic heterocycles. The van der Waals surface area contributed by atoms with E-state index in [9.17, 15) is 4.57 Å². The Balaban J connectivity index is 1.15. The minimum absolute atomic E-state index is 0.444. The minimum atomic E-state index is -2.41. The Hall–Kier alpha value is -4.74. The fourth-order valence-electron chi connectivity index (χ4n) is 4.04. The zero-order valence-electron chi connectivity index (χ0n) is 18.9. The van der Waals surface area contributed by atoms with Crippen LogP contribution in [0.2, 0.25) is 0 Å². The number of hydrogen-bond acceptors (Lipinski definition) is 7. The third-order valence-corrected chi connectivity index (χ3v) is 6.45. The first-order valence-corrected chi connectivity index (χ1v) is 12.3. The van der Waals surface area contributed by atoms with Crippen molar-refractivity contribution in [3.8, 4) is 33.8 Å². The summed E-state index contributed by atoms with van der Waals surface area (Å²) >= 11 is 0. The largest absolute Gasteiger partial charge is 0.805 e. The molecule has 0 N–H and O–H groups in total. The molecule has 0 aliphatic rings. The van der Waals surface area contributed by atoms with E-state index in [0.29, 0.717) is 11.5 Å². The molecule has 8 heteroatoms. The van der Waals surface area contributed by atoms with E-state index < -0.39 is 8.25 Å². The van der Waals surface area contributed by atoms with Gasteiger partial charge < -0.3 is 0 Å². The fraction of sp³-hybridized carbons (Fsp3) is 0. The first-order chi connectivity index (χ1) is 17.7. The molecule has 0 saturated heterocycles. The number of aromatic nitrogens is 4. The van der Waals surface area contributed by atoms with Gasteiger partial charge in [-0.05, 0) is 71.3 Å². The molecule has 0 saturated carbocycles. The summed E-state index contributed by atoms with van der Waals surface area (Å²) in [5.74, 6) is 0.894. The molecule has 0 spiro atoms. The highest BCUT2D eigenvalue weighted by atomic mass is 31.1. The lowest BCUT2D eigenvalue weighted by molar-refractivity contribution is 0.415. The van der Waals surface area contributed by atoms with Gasteiger partial charge in [0, 0.05) is 40.3 Å². The summed E-state index contributed by atoms with van der Waals surface area (Å²) in [5.41, 5.74) is 6.42. The summed E-state index contributed by atoms with van der Waals surface area (Å²) in [5, 5.41) is 1.01. The zero-order valence-corrected chi connectivity index (χ0v) is 19.7. The lowest BCUT2D eigenvalue weighted by Gasteiger charge is -2.06. The summed E-state index contributed by atoms with van der Waals surface area (Å²) in [4.78, 5) is 17.3. The van der Waals surface area contributed by atoms with Crippen LogP contribution in [0.1, 0.15) is 0 Å². The van der Waals surface area contributed by atoms with Crippen LogP contribution in [-0.4, -0.2) is 19.9 Å². The molecule has 172 valence electrons. The maximum absolute atomic E-state index is 12.5. The molecule has 4 aromatic heterocycles. The van der Waals surface area contributed by atoms with E-state index in [1.54, 1.807) is 55.2 Å². The van der Waals surface area contributed by atoms with Crippen LogP contribution in [-0.2, 0) is 4.57 Å². The first kappa shape index (κ1) is 21.8. The summed E-state index contributed by atoms with van der Waals surface area (Å²) < 4.78 is 23.5. The van der Waals surface area contributed by atoms with Gasteiger partial charge in [-0.1, -0.05) is 24.3 Å². The molecule has 1 unspecified atom stereocenters.